The Morgan fingerprint density at radius 3 is 1.41 bits per heavy atom. The van der Waals surface area contributed by atoms with Crippen LogP contribution >= 0.6 is 7.67 Å². The Labute approximate surface area is 217 Å². The molecule has 0 aromatic heterocycles. The van der Waals surface area contributed by atoms with E-state index in [2.05, 4.69) is 30.9 Å². The zero-order chi connectivity index (χ0) is 27.7. The summed E-state index contributed by atoms with van der Waals surface area (Å²) in [6.45, 7) is 28.6. The molecule has 0 aliphatic heterocycles. The summed E-state index contributed by atoms with van der Waals surface area (Å²) < 4.78 is 18.0. The highest BCUT2D eigenvalue weighted by molar-refractivity contribution is 7.54. The van der Waals surface area contributed by atoms with Crippen LogP contribution in [0.5, 0.6) is 0 Å². The minimum Gasteiger partial charge on any atom is -0.301 e. The van der Waals surface area contributed by atoms with Crippen molar-refractivity contribution in [2.24, 2.45) is 5.92 Å². The van der Waals surface area contributed by atoms with Gasteiger partial charge in [-0.15, -0.1) is 0 Å². The van der Waals surface area contributed by atoms with Gasteiger partial charge in [0.15, 0.2) is 0 Å². The standard InChI is InChI=1S/C13H23N2O2P.C8H18.4C2H6/c1-3-10-14-18(16,15-11-4-2)17-12-13-8-6-5-7-9-13;1-4-6-8(3)7-5-2;4*1-2/h5-9H,3-4,10-12H2,1-2H3,(H2,14,15,16);8H,4-7H2,1-3H3;4*1-2H3. The van der Waals surface area contributed by atoms with Crippen molar-refractivity contribution >= 4 is 7.67 Å². The fraction of sp³-hybridized carbons (Fsp3) is 0.793. The maximum atomic E-state index is 12.5. The van der Waals surface area contributed by atoms with Gasteiger partial charge in [-0.05, 0) is 24.3 Å². The fourth-order valence-electron chi connectivity index (χ4n) is 2.53. The highest BCUT2D eigenvalue weighted by Crippen LogP contribution is 2.38. The molecule has 208 valence electrons. The van der Waals surface area contributed by atoms with Crippen molar-refractivity contribution in [1.82, 2.24) is 10.2 Å². The van der Waals surface area contributed by atoms with E-state index >= 15 is 0 Å². The first-order valence-electron chi connectivity index (χ1n) is 14.3. The number of rotatable bonds is 13. The van der Waals surface area contributed by atoms with Crippen LogP contribution in [-0.4, -0.2) is 13.1 Å². The Morgan fingerprint density at radius 1 is 0.706 bits per heavy atom. The smallest absolute Gasteiger partial charge is 0.301 e. The lowest BCUT2D eigenvalue weighted by molar-refractivity contribution is 0.287. The van der Waals surface area contributed by atoms with Crippen molar-refractivity contribution in [2.45, 2.75) is 135 Å². The van der Waals surface area contributed by atoms with Gasteiger partial charge in [-0.1, -0.05) is 146 Å². The third kappa shape index (κ3) is 33.5. The Balaban J connectivity index is -0.000000147. The largest absolute Gasteiger partial charge is 0.341 e. The molecule has 1 aromatic rings. The van der Waals surface area contributed by atoms with E-state index in [0.29, 0.717) is 19.7 Å². The maximum absolute atomic E-state index is 12.5. The molecule has 0 spiro atoms. The van der Waals surface area contributed by atoms with Crippen LogP contribution in [0.1, 0.15) is 134 Å². The average Bonchev–Trinajstić information content (AvgIpc) is 2.91. The molecule has 0 fully saturated rings. The van der Waals surface area contributed by atoms with Gasteiger partial charge in [-0.25, -0.2) is 10.2 Å². The van der Waals surface area contributed by atoms with Crippen LogP contribution in [0.15, 0.2) is 30.3 Å². The molecule has 0 aliphatic rings. The summed E-state index contributed by atoms with van der Waals surface area (Å²) in [6.07, 6.45) is 7.36. The highest BCUT2D eigenvalue weighted by Gasteiger charge is 2.20. The first kappa shape index (κ1) is 43.4. The van der Waals surface area contributed by atoms with Gasteiger partial charge in [0.2, 0.25) is 0 Å². The predicted molar refractivity (Wildman–Crippen MR) is 160 cm³/mol. The number of benzene rings is 1. The summed E-state index contributed by atoms with van der Waals surface area (Å²) in [5, 5.41) is 5.95. The number of hydrogen-bond donors (Lipinski definition) is 2. The van der Waals surface area contributed by atoms with E-state index in [9.17, 15) is 4.57 Å². The van der Waals surface area contributed by atoms with Gasteiger partial charge >= 0.3 is 7.67 Å². The summed E-state index contributed by atoms with van der Waals surface area (Å²) in [4.78, 5) is 0. The van der Waals surface area contributed by atoms with E-state index in [1.54, 1.807) is 0 Å². The molecule has 0 atom stereocenters. The molecule has 1 aromatic carbocycles. The molecule has 0 heterocycles. The quantitative estimate of drug-likeness (QED) is 0.262. The SMILES string of the molecule is CC.CC.CC.CC.CCCC(C)CCC.CCCNP(=O)(NCCC)OCc1ccccc1. The molecular weight excluding hydrogens is 439 g/mol. The van der Waals surface area contributed by atoms with E-state index in [1.807, 2.05) is 99.6 Å². The summed E-state index contributed by atoms with van der Waals surface area (Å²) in [5.74, 6) is 0.963. The molecule has 4 nitrogen and oxygen atoms in total. The second kappa shape index (κ2) is 39.5. The average molecular weight is 505 g/mol. The molecule has 2 N–H and O–H groups in total. The van der Waals surface area contributed by atoms with Gasteiger partial charge in [-0.2, -0.15) is 0 Å². The molecular formula is C29H65N2O2P. The Hall–Kier alpha value is -0.670. The van der Waals surface area contributed by atoms with Gasteiger partial charge in [0.05, 0.1) is 6.61 Å². The van der Waals surface area contributed by atoms with Gasteiger partial charge in [0.1, 0.15) is 0 Å². The van der Waals surface area contributed by atoms with Crippen LogP contribution in [0.2, 0.25) is 0 Å². The van der Waals surface area contributed by atoms with Crippen molar-refractivity contribution in [1.29, 1.82) is 0 Å². The lowest BCUT2D eigenvalue weighted by Gasteiger charge is -2.20. The van der Waals surface area contributed by atoms with Crippen LogP contribution in [-0.2, 0) is 15.7 Å². The normalized spacial score (nSPS) is 9.35. The van der Waals surface area contributed by atoms with Crippen molar-refractivity contribution in [2.75, 3.05) is 13.1 Å². The zero-order valence-electron chi connectivity index (χ0n) is 25.6. The van der Waals surface area contributed by atoms with Crippen LogP contribution < -0.4 is 10.2 Å². The molecule has 5 heteroatoms. The van der Waals surface area contributed by atoms with E-state index in [-0.39, 0.29) is 0 Å². The van der Waals surface area contributed by atoms with Crippen LogP contribution in [0.3, 0.4) is 0 Å². The molecule has 0 amide bonds. The molecule has 0 aliphatic carbocycles. The minimum absolute atomic E-state index is 0.353. The third-order valence-corrected chi connectivity index (χ3v) is 5.73. The van der Waals surface area contributed by atoms with Gasteiger partial charge in [0.25, 0.3) is 0 Å². The maximum Gasteiger partial charge on any atom is 0.341 e. The lowest BCUT2D eigenvalue weighted by Crippen LogP contribution is -2.25. The molecule has 0 saturated heterocycles. The number of hydrogen-bond acceptors (Lipinski definition) is 2. The second-order valence-corrected chi connectivity index (χ2v) is 8.80. The molecule has 0 bridgehead atoms. The summed E-state index contributed by atoms with van der Waals surface area (Å²) in [6, 6.07) is 9.77. The van der Waals surface area contributed by atoms with Crippen LogP contribution in [0, 0.1) is 5.92 Å². The first-order valence-corrected chi connectivity index (χ1v) is 15.9. The van der Waals surface area contributed by atoms with E-state index in [0.717, 1.165) is 24.3 Å². The van der Waals surface area contributed by atoms with Crippen LogP contribution in [0.4, 0.5) is 0 Å². The molecule has 0 saturated carbocycles. The van der Waals surface area contributed by atoms with Crippen molar-refractivity contribution < 1.29 is 9.09 Å². The van der Waals surface area contributed by atoms with Gasteiger partial charge < -0.3 is 4.52 Å². The minimum atomic E-state index is -2.92. The van der Waals surface area contributed by atoms with Gasteiger partial charge in [-0.3, -0.25) is 4.57 Å². The summed E-state index contributed by atoms with van der Waals surface area (Å²) >= 11 is 0. The third-order valence-electron chi connectivity index (χ3n) is 3.96. The second-order valence-electron chi connectivity index (χ2n) is 6.81. The fourth-order valence-corrected chi connectivity index (χ4v) is 4.20. The topological polar surface area (TPSA) is 50.4 Å². The van der Waals surface area contributed by atoms with Crippen molar-refractivity contribution in [3.05, 3.63) is 35.9 Å². The summed E-state index contributed by atoms with van der Waals surface area (Å²) in [5.41, 5.74) is 1.02. The Kier molecular flexibility index (Phi) is 50.5. The van der Waals surface area contributed by atoms with Crippen LogP contribution in [0.25, 0.3) is 0 Å². The number of nitrogens with one attached hydrogen (secondary N) is 2. The molecule has 0 radical (unpaired) electrons. The molecule has 0 unspecified atom stereocenters. The van der Waals surface area contributed by atoms with Gasteiger partial charge in [0, 0.05) is 13.1 Å². The Morgan fingerprint density at radius 2 is 1.09 bits per heavy atom. The summed E-state index contributed by atoms with van der Waals surface area (Å²) in [7, 11) is -2.92. The Bertz CT molecular complexity index is 452. The highest BCUT2D eigenvalue weighted by atomic mass is 31.2. The zero-order valence-corrected chi connectivity index (χ0v) is 26.5. The molecule has 1 rings (SSSR count). The van der Waals surface area contributed by atoms with E-state index in [4.69, 9.17) is 4.52 Å². The monoisotopic (exact) mass is 504 g/mol. The van der Waals surface area contributed by atoms with Crippen molar-refractivity contribution in [3.8, 4) is 0 Å². The predicted octanol–water partition coefficient (Wildman–Crippen LogP) is 10.6. The first-order chi connectivity index (χ1) is 16.5. The lowest BCUT2D eigenvalue weighted by atomic mass is 10.0. The van der Waals surface area contributed by atoms with E-state index < -0.39 is 7.67 Å². The van der Waals surface area contributed by atoms with Crippen molar-refractivity contribution in [3.63, 3.8) is 0 Å². The molecule has 34 heavy (non-hydrogen) atoms. The van der Waals surface area contributed by atoms with E-state index in [1.165, 1.54) is 25.7 Å².